The average molecular weight is 338 g/mol. The number of thiophene rings is 1. The van der Waals surface area contributed by atoms with Gasteiger partial charge in [-0.25, -0.2) is 9.97 Å². The predicted octanol–water partition coefficient (Wildman–Crippen LogP) is 3.06. The van der Waals surface area contributed by atoms with Crippen LogP contribution in [0.3, 0.4) is 0 Å². The van der Waals surface area contributed by atoms with Crippen molar-refractivity contribution >= 4 is 33.3 Å². The quantitative estimate of drug-likeness (QED) is 0.797. The molecule has 3 aromatic rings. The van der Waals surface area contributed by atoms with Crippen LogP contribution in [0.25, 0.3) is 20.7 Å². The fourth-order valence-corrected chi connectivity index (χ4v) is 4.24. The molecule has 1 fully saturated rings. The molecule has 0 bridgehead atoms. The Kier molecular flexibility index (Phi) is 3.90. The molecule has 1 amide bonds. The number of aromatic nitrogens is 2. The van der Waals surface area contributed by atoms with Gasteiger partial charge in [-0.1, -0.05) is 30.3 Å². The summed E-state index contributed by atoms with van der Waals surface area (Å²) in [5, 5.41) is 1.05. The van der Waals surface area contributed by atoms with E-state index in [2.05, 4.69) is 33.1 Å². The minimum atomic E-state index is -0.222. The molecule has 1 atom stereocenters. The zero-order chi connectivity index (χ0) is 16.5. The van der Waals surface area contributed by atoms with Crippen LogP contribution in [0.1, 0.15) is 12.8 Å². The highest BCUT2D eigenvalue weighted by Crippen LogP contribution is 2.36. The Morgan fingerprint density at radius 3 is 2.88 bits per heavy atom. The molecular weight excluding hydrogens is 320 g/mol. The maximum Gasteiger partial charge on any atom is 0.222 e. The van der Waals surface area contributed by atoms with Gasteiger partial charge in [-0.15, -0.1) is 11.3 Å². The topological polar surface area (TPSA) is 72.1 Å². The third-order valence-corrected chi connectivity index (χ3v) is 5.58. The number of piperidine rings is 1. The number of fused-ring (bicyclic) bond motifs is 1. The molecule has 3 heterocycles. The highest BCUT2D eigenvalue weighted by Gasteiger charge is 2.26. The predicted molar refractivity (Wildman–Crippen MR) is 97.0 cm³/mol. The van der Waals surface area contributed by atoms with Gasteiger partial charge in [0.1, 0.15) is 17.0 Å². The third-order valence-electron chi connectivity index (χ3n) is 4.49. The number of amides is 1. The standard InChI is InChI=1S/C18H18N4OS/c19-16(23)13-7-4-8-22(10-13)17-14-9-15(12-5-2-1-3-6-12)24-18(14)21-11-20-17/h1-3,5-6,9,11,13H,4,7-8,10H2,(H2,19,23)/t13-/m0/s1. The van der Waals surface area contributed by atoms with Gasteiger partial charge in [-0.05, 0) is 24.5 Å². The van der Waals surface area contributed by atoms with Crippen molar-refractivity contribution in [2.24, 2.45) is 11.7 Å². The van der Waals surface area contributed by atoms with Crippen molar-refractivity contribution in [2.45, 2.75) is 12.8 Å². The summed E-state index contributed by atoms with van der Waals surface area (Å²) in [4.78, 5) is 24.8. The molecule has 2 aromatic heterocycles. The van der Waals surface area contributed by atoms with E-state index in [0.29, 0.717) is 6.54 Å². The van der Waals surface area contributed by atoms with Crippen molar-refractivity contribution < 1.29 is 4.79 Å². The van der Waals surface area contributed by atoms with E-state index < -0.39 is 0 Å². The lowest BCUT2D eigenvalue weighted by Gasteiger charge is -2.32. The number of hydrogen-bond acceptors (Lipinski definition) is 5. The van der Waals surface area contributed by atoms with E-state index in [1.807, 2.05) is 18.2 Å². The molecule has 1 aliphatic heterocycles. The van der Waals surface area contributed by atoms with E-state index in [-0.39, 0.29) is 11.8 Å². The number of nitrogens with two attached hydrogens (primary N) is 1. The average Bonchev–Trinajstić information content (AvgIpc) is 3.07. The normalized spacial score (nSPS) is 18.0. The molecule has 122 valence electrons. The summed E-state index contributed by atoms with van der Waals surface area (Å²) in [6.07, 6.45) is 3.42. The number of primary amides is 1. The van der Waals surface area contributed by atoms with Gasteiger partial charge < -0.3 is 10.6 Å². The minimum Gasteiger partial charge on any atom is -0.369 e. The monoisotopic (exact) mass is 338 g/mol. The molecule has 1 aliphatic rings. The molecule has 0 radical (unpaired) electrons. The zero-order valence-electron chi connectivity index (χ0n) is 13.2. The van der Waals surface area contributed by atoms with Gasteiger partial charge >= 0.3 is 0 Å². The minimum absolute atomic E-state index is 0.101. The van der Waals surface area contributed by atoms with Gasteiger partial charge in [0.15, 0.2) is 0 Å². The van der Waals surface area contributed by atoms with Gasteiger partial charge in [-0.2, -0.15) is 0 Å². The number of carbonyl (C=O) groups is 1. The molecule has 4 rings (SSSR count). The van der Waals surface area contributed by atoms with E-state index in [4.69, 9.17) is 5.73 Å². The van der Waals surface area contributed by atoms with Crippen molar-refractivity contribution in [2.75, 3.05) is 18.0 Å². The van der Waals surface area contributed by atoms with Crippen LogP contribution in [0.2, 0.25) is 0 Å². The number of anilines is 1. The summed E-state index contributed by atoms with van der Waals surface area (Å²) in [6, 6.07) is 12.4. The fourth-order valence-electron chi connectivity index (χ4n) is 3.24. The summed E-state index contributed by atoms with van der Waals surface area (Å²) in [5.41, 5.74) is 6.68. The third kappa shape index (κ3) is 2.73. The van der Waals surface area contributed by atoms with Gasteiger partial charge in [0.2, 0.25) is 5.91 Å². The molecule has 0 saturated carbocycles. The molecule has 1 saturated heterocycles. The van der Waals surface area contributed by atoms with Crippen LogP contribution >= 0.6 is 11.3 Å². The van der Waals surface area contributed by atoms with Crippen molar-refractivity contribution in [3.05, 3.63) is 42.7 Å². The zero-order valence-corrected chi connectivity index (χ0v) is 14.0. The molecule has 1 aromatic carbocycles. The summed E-state index contributed by atoms with van der Waals surface area (Å²) < 4.78 is 0. The summed E-state index contributed by atoms with van der Waals surface area (Å²) >= 11 is 1.67. The molecule has 0 spiro atoms. The second kappa shape index (κ2) is 6.20. The number of carbonyl (C=O) groups excluding carboxylic acids is 1. The highest BCUT2D eigenvalue weighted by atomic mass is 32.1. The lowest BCUT2D eigenvalue weighted by molar-refractivity contribution is -0.122. The highest BCUT2D eigenvalue weighted by molar-refractivity contribution is 7.21. The summed E-state index contributed by atoms with van der Waals surface area (Å²) in [6.45, 7) is 1.53. The number of nitrogens with zero attached hydrogens (tertiary/aromatic N) is 3. The van der Waals surface area contributed by atoms with Crippen LogP contribution in [-0.2, 0) is 4.79 Å². The largest absolute Gasteiger partial charge is 0.369 e. The van der Waals surface area contributed by atoms with E-state index in [0.717, 1.165) is 35.4 Å². The molecule has 2 N–H and O–H groups in total. The van der Waals surface area contributed by atoms with Crippen molar-refractivity contribution in [1.82, 2.24) is 9.97 Å². The molecule has 0 unspecified atom stereocenters. The van der Waals surface area contributed by atoms with E-state index in [1.165, 1.54) is 10.4 Å². The Hall–Kier alpha value is -2.47. The van der Waals surface area contributed by atoms with Gasteiger partial charge in [0.25, 0.3) is 0 Å². The van der Waals surface area contributed by atoms with Crippen LogP contribution in [0.5, 0.6) is 0 Å². The Labute approximate surface area is 144 Å². The van der Waals surface area contributed by atoms with Crippen LogP contribution in [0.15, 0.2) is 42.7 Å². The maximum absolute atomic E-state index is 11.5. The first-order valence-corrected chi connectivity index (χ1v) is 8.88. The number of rotatable bonds is 3. The fraction of sp³-hybridized carbons (Fsp3) is 0.278. The Balaban J connectivity index is 1.74. The second-order valence-corrected chi connectivity index (χ2v) is 7.11. The van der Waals surface area contributed by atoms with Gasteiger partial charge in [0, 0.05) is 18.0 Å². The van der Waals surface area contributed by atoms with Crippen molar-refractivity contribution in [3.8, 4) is 10.4 Å². The lowest BCUT2D eigenvalue weighted by atomic mass is 9.97. The molecule has 6 heteroatoms. The van der Waals surface area contributed by atoms with Crippen molar-refractivity contribution in [1.29, 1.82) is 0 Å². The molecular formula is C18H18N4OS. The number of benzene rings is 1. The Morgan fingerprint density at radius 2 is 2.08 bits per heavy atom. The van der Waals surface area contributed by atoms with Gasteiger partial charge in [0.05, 0.1) is 11.3 Å². The van der Waals surface area contributed by atoms with Crippen LogP contribution < -0.4 is 10.6 Å². The lowest BCUT2D eigenvalue weighted by Crippen LogP contribution is -2.41. The first kappa shape index (κ1) is 15.1. The Bertz CT molecular complexity index is 877. The van der Waals surface area contributed by atoms with E-state index in [1.54, 1.807) is 17.7 Å². The molecule has 5 nitrogen and oxygen atoms in total. The number of hydrogen-bond donors (Lipinski definition) is 1. The summed E-state index contributed by atoms with van der Waals surface area (Å²) in [7, 11) is 0. The van der Waals surface area contributed by atoms with Crippen molar-refractivity contribution in [3.63, 3.8) is 0 Å². The van der Waals surface area contributed by atoms with Crippen LogP contribution in [-0.4, -0.2) is 29.0 Å². The Morgan fingerprint density at radius 1 is 1.25 bits per heavy atom. The smallest absolute Gasteiger partial charge is 0.222 e. The maximum atomic E-state index is 11.5. The molecule has 0 aliphatic carbocycles. The SMILES string of the molecule is NC(=O)[C@H]1CCCN(c2ncnc3sc(-c4ccccc4)cc23)C1. The van der Waals surface area contributed by atoms with E-state index >= 15 is 0 Å². The first-order valence-electron chi connectivity index (χ1n) is 8.06. The van der Waals surface area contributed by atoms with Gasteiger partial charge in [-0.3, -0.25) is 4.79 Å². The van der Waals surface area contributed by atoms with Crippen LogP contribution in [0, 0.1) is 5.92 Å². The summed E-state index contributed by atoms with van der Waals surface area (Å²) in [5.74, 6) is 0.584. The van der Waals surface area contributed by atoms with E-state index in [9.17, 15) is 4.79 Å². The van der Waals surface area contributed by atoms with Crippen LogP contribution in [0.4, 0.5) is 5.82 Å². The second-order valence-electron chi connectivity index (χ2n) is 6.08. The molecule has 24 heavy (non-hydrogen) atoms. The first-order chi connectivity index (χ1) is 11.7.